The van der Waals surface area contributed by atoms with Crippen LogP contribution < -0.4 is 21.7 Å². The number of carbonyl (C=O) groups excluding carboxylic acids is 3. The number of H-pyrrole nitrogens is 1. The van der Waals surface area contributed by atoms with Crippen molar-refractivity contribution >= 4 is 40.6 Å². The maximum Gasteiger partial charge on any atom is 0.326 e. The van der Waals surface area contributed by atoms with Gasteiger partial charge in [-0.15, -0.1) is 0 Å². The van der Waals surface area contributed by atoms with E-state index in [4.69, 9.17) is 5.73 Å². The van der Waals surface area contributed by atoms with E-state index in [1.165, 1.54) is 0 Å². The average molecular weight is 546 g/mol. The van der Waals surface area contributed by atoms with Crippen molar-refractivity contribution in [3.63, 3.8) is 0 Å². The number of rotatable bonds is 15. The topological polar surface area (TPSA) is 204 Å². The van der Waals surface area contributed by atoms with E-state index in [-0.39, 0.29) is 24.7 Å². The number of hydrogen-bond acceptors (Lipinski definition) is 6. The zero-order valence-electron chi connectivity index (χ0n) is 22.7. The highest BCUT2D eigenvalue weighted by atomic mass is 16.4. The number of carboxylic acids is 2. The number of carboxylic acid groups (broad SMARTS) is 2. The number of nitrogens with one attached hydrogen (secondary N) is 4. The van der Waals surface area contributed by atoms with Crippen LogP contribution in [0.4, 0.5) is 0 Å². The molecule has 4 unspecified atom stereocenters. The van der Waals surface area contributed by atoms with E-state index in [9.17, 15) is 34.2 Å². The average Bonchev–Trinajstić information content (AvgIpc) is 3.24. The van der Waals surface area contributed by atoms with Gasteiger partial charge in [-0.3, -0.25) is 19.2 Å². The normalized spacial score (nSPS) is 14.4. The van der Waals surface area contributed by atoms with Gasteiger partial charge in [-0.25, -0.2) is 4.79 Å². The largest absolute Gasteiger partial charge is 0.481 e. The maximum atomic E-state index is 13.2. The number of fused-ring (bicyclic) bond motifs is 1. The Morgan fingerprint density at radius 3 is 1.97 bits per heavy atom. The lowest BCUT2D eigenvalue weighted by molar-refractivity contribution is -0.143. The van der Waals surface area contributed by atoms with Crippen molar-refractivity contribution in [1.29, 1.82) is 0 Å². The quantitative estimate of drug-likeness (QED) is 0.172. The highest BCUT2D eigenvalue weighted by Gasteiger charge is 2.32. The van der Waals surface area contributed by atoms with Crippen LogP contribution in [0.3, 0.4) is 0 Å². The molecule has 12 nitrogen and oxygen atoms in total. The third-order valence-electron chi connectivity index (χ3n) is 6.13. The number of para-hydroxylation sites is 1. The third-order valence-corrected chi connectivity index (χ3v) is 6.13. The summed E-state index contributed by atoms with van der Waals surface area (Å²) in [6, 6.07) is 2.49. The summed E-state index contributed by atoms with van der Waals surface area (Å²) < 4.78 is 0. The molecule has 1 heterocycles. The Morgan fingerprint density at radius 1 is 0.821 bits per heavy atom. The van der Waals surface area contributed by atoms with Gasteiger partial charge < -0.3 is 36.9 Å². The highest BCUT2D eigenvalue weighted by molar-refractivity contribution is 5.95. The molecule has 1 aromatic carbocycles. The summed E-state index contributed by atoms with van der Waals surface area (Å²) in [6.07, 6.45) is 1.44. The van der Waals surface area contributed by atoms with Crippen molar-refractivity contribution in [2.75, 3.05) is 0 Å². The number of nitrogens with two attached hydrogens (primary N) is 1. The summed E-state index contributed by atoms with van der Waals surface area (Å²) in [6.45, 7) is 7.36. The third kappa shape index (κ3) is 9.71. The Balaban J connectivity index is 2.18. The molecule has 2 rings (SSSR count). The van der Waals surface area contributed by atoms with E-state index in [1.807, 2.05) is 52.0 Å². The number of aromatic nitrogens is 1. The zero-order valence-corrected chi connectivity index (χ0v) is 22.7. The Morgan fingerprint density at radius 2 is 1.38 bits per heavy atom. The first-order chi connectivity index (χ1) is 18.3. The van der Waals surface area contributed by atoms with Gasteiger partial charge in [0.05, 0.1) is 12.5 Å². The number of carbonyl (C=O) groups is 5. The molecular weight excluding hydrogens is 506 g/mol. The van der Waals surface area contributed by atoms with Crippen LogP contribution in [0.25, 0.3) is 10.9 Å². The molecule has 8 N–H and O–H groups in total. The number of benzene rings is 1. The minimum absolute atomic E-state index is 0.00112. The second-order valence-electron chi connectivity index (χ2n) is 10.5. The van der Waals surface area contributed by atoms with Crippen molar-refractivity contribution in [1.82, 2.24) is 20.9 Å². The SMILES string of the molecule is CC(C)CC(N)C(=O)NC(CC(=O)O)C(=O)NC(CC(C)C)C(=O)NC(Cc1c[nH]c2ccccc12)C(=O)O. The first-order valence-corrected chi connectivity index (χ1v) is 12.9. The second-order valence-corrected chi connectivity index (χ2v) is 10.5. The van der Waals surface area contributed by atoms with Gasteiger partial charge in [-0.05, 0) is 36.3 Å². The fourth-order valence-corrected chi connectivity index (χ4v) is 4.25. The minimum atomic E-state index is -1.47. The summed E-state index contributed by atoms with van der Waals surface area (Å²) in [5.74, 6) is -4.86. The van der Waals surface area contributed by atoms with E-state index in [0.29, 0.717) is 12.0 Å². The van der Waals surface area contributed by atoms with E-state index in [2.05, 4.69) is 20.9 Å². The standard InChI is InChI=1S/C27H39N5O7/c1-14(2)9-18(28)24(35)30-21(12-23(33)34)26(37)31-20(10-15(3)4)25(36)32-22(27(38)39)11-16-13-29-19-8-6-5-7-17(16)19/h5-8,13-15,18,20-22,29H,9-12,28H2,1-4H3,(H,30,35)(H,31,37)(H,32,36)(H,33,34)(H,38,39). The highest BCUT2D eigenvalue weighted by Crippen LogP contribution is 2.19. The molecule has 3 amide bonds. The molecule has 0 spiro atoms. The van der Waals surface area contributed by atoms with Crippen molar-refractivity contribution in [3.05, 3.63) is 36.0 Å². The molecule has 4 atom stereocenters. The number of aliphatic carboxylic acids is 2. The maximum absolute atomic E-state index is 13.2. The lowest BCUT2D eigenvalue weighted by Gasteiger charge is -2.25. The van der Waals surface area contributed by atoms with Crippen molar-refractivity contribution in [3.8, 4) is 0 Å². The summed E-state index contributed by atoms with van der Waals surface area (Å²) >= 11 is 0. The Bertz CT molecular complexity index is 1180. The van der Waals surface area contributed by atoms with Crippen molar-refractivity contribution in [2.24, 2.45) is 17.6 Å². The van der Waals surface area contributed by atoms with Gasteiger partial charge in [0, 0.05) is 23.5 Å². The van der Waals surface area contributed by atoms with Crippen LogP contribution in [-0.4, -0.2) is 69.0 Å². The molecule has 0 bridgehead atoms. The summed E-state index contributed by atoms with van der Waals surface area (Å²) in [7, 11) is 0. The number of aromatic amines is 1. The van der Waals surface area contributed by atoms with Gasteiger partial charge in [0.2, 0.25) is 17.7 Å². The molecule has 0 aliphatic carbocycles. The van der Waals surface area contributed by atoms with E-state index in [1.54, 1.807) is 6.20 Å². The van der Waals surface area contributed by atoms with Gasteiger partial charge >= 0.3 is 11.9 Å². The Labute approximate surface area is 227 Å². The monoisotopic (exact) mass is 545 g/mol. The van der Waals surface area contributed by atoms with Crippen molar-refractivity contribution < 1.29 is 34.2 Å². The smallest absolute Gasteiger partial charge is 0.326 e. The molecular formula is C27H39N5O7. The van der Waals surface area contributed by atoms with Crippen LogP contribution in [-0.2, 0) is 30.4 Å². The Hall–Kier alpha value is -3.93. The summed E-state index contributed by atoms with van der Waals surface area (Å²) in [5, 5.41) is 27.3. The van der Waals surface area contributed by atoms with E-state index >= 15 is 0 Å². The fourth-order valence-electron chi connectivity index (χ4n) is 4.25. The van der Waals surface area contributed by atoms with Gasteiger partial charge in [-0.2, -0.15) is 0 Å². The Kier molecular flexibility index (Phi) is 11.5. The van der Waals surface area contributed by atoms with Gasteiger partial charge in [0.25, 0.3) is 0 Å². The summed E-state index contributed by atoms with van der Waals surface area (Å²) in [5.41, 5.74) is 7.40. The second kappa shape index (κ2) is 14.3. The predicted octanol–water partition coefficient (Wildman–Crippen LogP) is 1.14. The zero-order chi connectivity index (χ0) is 29.3. The van der Waals surface area contributed by atoms with Gasteiger partial charge in [0.1, 0.15) is 18.1 Å². The number of hydrogen-bond donors (Lipinski definition) is 7. The molecule has 0 aliphatic rings. The lowest BCUT2D eigenvalue weighted by Crippen LogP contribution is -2.58. The lowest BCUT2D eigenvalue weighted by atomic mass is 10.0. The predicted molar refractivity (Wildman–Crippen MR) is 145 cm³/mol. The van der Waals surface area contributed by atoms with Crippen molar-refractivity contribution in [2.45, 2.75) is 77.5 Å². The number of amides is 3. The van der Waals surface area contributed by atoms with Crippen LogP contribution in [0.1, 0.15) is 52.5 Å². The van der Waals surface area contributed by atoms with Gasteiger partial charge in [-0.1, -0.05) is 45.9 Å². The first kappa shape index (κ1) is 31.3. The molecule has 12 heteroatoms. The molecule has 214 valence electrons. The van der Waals surface area contributed by atoms with E-state index < -0.39 is 60.2 Å². The molecule has 0 fully saturated rings. The molecule has 0 saturated carbocycles. The van der Waals surface area contributed by atoms with Crippen LogP contribution in [0.15, 0.2) is 30.5 Å². The van der Waals surface area contributed by atoms with Crippen LogP contribution in [0.2, 0.25) is 0 Å². The molecule has 2 aromatic rings. The van der Waals surface area contributed by atoms with Crippen LogP contribution >= 0.6 is 0 Å². The van der Waals surface area contributed by atoms with Crippen LogP contribution in [0.5, 0.6) is 0 Å². The molecule has 39 heavy (non-hydrogen) atoms. The molecule has 1 aromatic heterocycles. The fraction of sp³-hybridized carbons (Fsp3) is 0.519. The molecule has 0 saturated heterocycles. The van der Waals surface area contributed by atoms with Crippen LogP contribution in [0, 0.1) is 11.8 Å². The first-order valence-electron chi connectivity index (χ1n) is 12.9. The molecule has 0 aliphatic heterocycles. The minimum Gasteiger partial charge on any atom is -0.481 e. The van der Waals surface area contributed by atoms with E-state index in [0.717, 1.165) is 10.9 Å². The summed E-state index contributed by atoms with van der Waals surface area (Å²) in [4.78, 5) is 65.2. The van der Waals surface area contributed by atoms with Gasteiger partial charge in [0.15, 0.2) is 0 Å². The molecule has 0 radical (unpaired) electrons.